The Hall–Kier alpha value is -3.28. The van der Waals surface area contributed by atoms with E-state index in [9.17, 15) is 9.59 Å². The first kappa shape index (κ1) is 21.4. The number of amides is 2. The van der Waals surface area contributed by atoms with Crippen molar-refractivity contribution >= 4 is 12.0 Å². The van der Waals surface area contributed by atoms with E-state index in [0.717, 1.165) is 35.3 Å². The van der Waals surface area contributed by atoms with Gasteiger partial charge in [0.2, 0.25) is 0 Å². The molecule has 2 aromatic rings. The van der Waals surface area contributed by atoms with Crippen LogP contribution in [0.5, 0.6) is 11.5 Å². The number of ether oxygens (including phenoxy) is 2. The molecule has 3 rings (SSSR count). The number of methoxy groups -OCH3 is 1. The Morgan fingerprint density at radius 3 is 2.50 bits per heavy atom. The molecule has 2 amide bonds. The molecule has 2 N–H and O–H groups in total. The Kier molecular flexibility index (Phi) is 6.77. The molecule has 0 saturated heterocycles. The maximum atomic E-state index is 12.5. The quantitative estimate of drug-likeness (QED) is 0.627. The summed E-state index contributed by atoms with van der Waals surface area (Å²) in [5.74, 6) is 1.03. The Morgan fingerprint density at radius 2 is 1.83 bits per heavy atom. The van der Waals surface area contributed by atoms with Crippen LogP contribution in [0, 0.1) is 13.8 Å². The highest BCUT2D eigenvalue weighted by Gasteiger charge is 2.33. The Balaban J connectivity index is 1.90. The molecule has 6 nitrogen and oxygen atoms in total. The molecular weight excluding hydrogens is 380 g/mol. The van der Waals surface area contributed by atoms with Crippen LogP contribution in [-0.4, -0.2) is 19.1 Å². The van der Waals surface area contributed by atoms with Crippen molar-refractivity contribution in [2.45, 2.75) is 46.1 Å². The molecule has 1 aliphatic heterocycles. The number of nitrogens with one attached hydrogen (secondary N) is 2. The van der Waals surface area contributed by atoms with E-state index in [4.69, 9.17) is 9.47 Å². The van der Waals surface area contributed by atoms with Crippen molar-refractivity contribution in [2.24, 2.45) is 0 Å². The van der Waals surface area contributed by atoms with Crippen LogP contribution in [0.4, 0.5) is 4.79 Å². The van der Waals surface area contributed by atoms with Crippen molar-refractivity contribution in [1.82, 2.24) is 10.6 Å². The van der Waals surface area contributed by atoms with Gasteiger partial charge in [-0.2, -0.15) is 0 Å². The van der Waals surface area contributed by atoms with E-state index in [1.165, 1.54) is 7.11 Å². The van der Waals surface area contributed by atoms with Crippen molar-refractivity contribution in [3.05, 3.63) is 70.4 Å². The van der Waals surface area contributed by atoms with Gasteiger partial charge >= 0.3 is 12.0 Å². The summed E-state index contributed by atoms with van der Waals surface area (Å²) in [7, 11) is 1.35. The molecule has 1 atom stereocenters. The fraction of sp³-hybridized carbons (Fsp3) is 0.333. The van der Waals surface area contributed by atoms with Gasteiger partial charge in [0, 0.05) is 5.70 Å². The lowest BCUT2D eigenvalue weighted by molar-refractivity contribution is -0.136. The van der Waals surface area contributed by atoms with Crippen LogP contribution in [0.3, 0.4) is 0 Å². The molecule has 0 bridgehead atoms. The van der Waals surface area contributed by atoms with Crippen molar-refractivity contribution in [1.29, 1.82) is 0 Å². The molecule has 1 heterocycles. The summed E-state index contributed by atoms with van der Waals surface area (Å²) in [4.78, 5) is 24.7. The summed E-state index contributed by atoms with van der Waals surface area (Å²) < 4.78 is 11.0. The summed E-state index contributed by atoms with van der Waals surface area (Å²) in [5.41, 5.74) is 4.09. The molecule has 6 heteroatoms. The third-order valence-electron chi connectivity index (χ3n) is 5.34. The minimum atomic E-state index is -0.576. The molecule has 30 heavy (non-hydrogen) atoms. The number of rotatable bonds is 7. The summed E-state index contributed by atoms with van der Waals surface area (Å²) in [6, 6.07) is 12.4. The zero-order valence-electron chi connectivity index (χ0n) is 17.9. The van der Waals surface area contributed by atoms with E-state index in [-0.39, 0.29) is 6.03 Å². The van der Waals surface area contributed by atoms with Gasteiger partial charge in [0.15, 0.2) is 0 Å². The van der Waals surface area contributed by atoms with Crippen molar-refractivity contribution in [2.75, 3.05) is 7.11 Å². The van der Waals surface area contributed by atoms with Gasteiger partial charge in [0.05, 0.1) is 18.7 Å². The Bertz CT molecular complexity index is 964. The highest BCUT2D eigenvalue weighted by atomic mass is 16.5. The maximum absolute atomic E-state index is 12.5. The molecule has 1 aliphatic rings. The topological polar surface area (TPSA) is 76.7 Å². The average molecular weight is 408 g/mol. The Morgan fingerprint density at radius 1 is 1.10 bits per heavy atom. The number of carbonyl (C=O) groups is 2. The number of benzene rings is 2. The summed E-state index contributed by atoms with van der Waals surface area (Å²) in [6.07, 6.45) is 2.43. The number of aryl methyl sites for hydroxylation is 1. The molecule has 2 aromatic carbocycles. The molecule has 0 fully saturated rings. The zero-order valence-corrected chi connectivity index (χ0v) is 17.9. The molecule has 158 valence electrons. The largest absolute Gasteiger partial charge is 0.466 e. The molecule has 1 unspecified atom stereocenters. The van der Waals surface area contributed by atoms with Crippen LogP contribution in [0.25, 0.3) is 0 Å². The van der Waals surface area contributed by atoms with Crippen LogP contribution in [0.15, 0.2) is 53.7 Å². The summed E-state index contributed by atoms with van der Waals surface area (Å²) in [5, 5.41) is 5.62. The first-order valence-electron chi connectivity index (χ1n) is 10.2. The highest BCUT2D eigenvalue weighted by molar-refractivity contribution is 5.95. The van der Waals surface area contributed by atoms with E-state index in [1.807, 2.05) is 56.3 Å². The first-order chi connectivity index (χ1) is 14.4. The van der Waals surface area contributed by atoms with Crippen molar-refractivity contribution in [3.8, 4) is 11.5 Å². The summed E-state index contributed by atoms with van der Waals surface area (Å²) >= 11 is 0. The predicted octanol–water partition coefficient (Wildman–Crippen LogP) is 5.07. The van der Waals surface area contributed by atoms with Gasteiger partial charge in [-0.25, -0.2) is 9.59 Å². The van der Waals surface area contributed by atoms with Crippen molar-refractivity contribution in [3.63, 3.8) is 0 Å². The summed E-state index contributed by atoms with van der Waals surface area (Å²) in [6.45, 7) is 6.13. The second-order valence-corrected chi connectivity index (χ2v) is 7.39. The minimum Gasteiger partial charge on any atom is -0.466 e. The van der Waals surface area contributed by atoms with E-state index in [0.29, 0.717) is 23.4 Å². The van der Waals surface area contributed by atoms with Gasteiger partial charge in [-0.05, 0) is 61.6 Å². The molecule has 0 radical (unpaired) electrons. The highest BCUT2D eigenvalue weighted by Crippen LogP contribution is 2.32. The molecule has 0 saturated carbocycles. The number of esters is 1. The molecule has 0 aliphatic carbocycles. The van der Waals surface area contributed by atoms with Crippen LogP contribution in [0.2, 0.25) is 0 Å². The van der Waals surface area contributed by atoms with Crippen LogP contribution in [0.1, 0.15) is 48.9 Å². The lowest BCUT2D eigenvalue weighted by Crippen LogP contribution is -2.45. The third kappa shape index (κ3) is 4.64. The average Bonchev–Trinajstić information content (AvgIpc) is 2.75. The lowest BCUT2D eigenvalue weighted by atomic mass is 9.93. The normalized spacial score (nSPS) is 16.0. The fourth-order valence-electron chi connectivity index (χ4n) is 3.46. The van der Waals surface area contributed by atoms with E-state index >= 15 is 0 Å². The number of urea groups is 1. The smallest absolute Gasteiger partial charge is 0.337 e. The van der Waals surface area contributed by atoms with E-state index in [1.54, 1.807) is 0 Å². The third-order valence-corrected chi connectivity index (χ3v) is 5.34. The van der Waals surface area contributed by atoms with Gasteiger partial charge in [-0.3, -0.25) is 0 Å². The first-order valence-corrected chi connectivity index (χ1v) is 10.2. The van der Waals surface area contributed by atoms with Gasteiger partial charge in [0.25, 0.3) is 0 Å². The second-order valence-electron chi connectivity index (χ2n) is 7.39. The van der Waals surface area contributed by atoms with Crippen molar-refractivity contribution < 1.29 is 19.1 Å². The number of hydrogen-bond acceptors (Lipinski definition) is 4. The number of unbranched alkanes of at least 4 members (excludes halogenated alkanes) is 1. The number of carbonyl (C=O) groups excluding carboxylic acids is 2. The van der Waals surface area contributed by atoms with Crippen LogP contribution in [-0.2, 0) is 9.53 Å². The molecule has 0 aromatic heterocycles. The SMILES string of the molecule is CCCCC1=C(C(=O)OC)C(c2ccc(Oc3cccc(C)c3C)cc2)NC(=O)N1. The van der Waals surface area contributed by atoms with Gasteiger partial charge in [0.1, 0.15) is 11.5 Å². The zero-order chi connectivity index (χ0) is 21.7. The number of hydrogen-bond donors (Lipinski definition) is 2. The van der Waals surface area contributed by atoms with Gasteiger partial charge in [-0.15, -0.1) is 0 Å². The monoisotopic (exact) mass is 408 g/mol. The van der Waals surface area contributed by atoms with E-state index < -0.39 is 12.0 Å². The minimum absolute atomic E-state index is 0.325. The second kappa shape index (κ2) is 9.48. The fourth-order valence-corrected chi connectivity index (χ4v) is 3.46. The van der Waals surface area contributed by atoms with Gasteiger partial charge < -0.3 is 20.1 Å². The van der Waals surface area contributed by atoms with Crippen LogP contribution < -0.4 is 15.4 Å². The molecular formula is C24H28N2O4. The Labute approximate surface area is 177 Å². The molecule has 0 spiro atoms. The van der Waals surface area contributed by atoms with Crippen LogP contribution >= 0.6 is 0 Å². The maximum Gasteiger partial charge on any atom is 0.337 e. The van der Waals surface area contributed by atoms with Gasteiger partial charge in [-0.1, -0.05) is 37.6 Å². The standard InChI is InChI=1S/C24H28N2O4/c1-5-6-9-19-21(23(27)29-4)22(26-24(28)25-19)17-11-13-18(14-12-17)30-20-10-7-8-15(2)16(20)3/h7-8,10-14,22H,5-6,9H2,1-4H3,(H2,25,26,28). The predicted molar refractivity (Wildman–Crippen MR) is 115 cm³/mol. The lowest BCUT2D eigenvalue weighted by Gasteiger charge is -2.29. The van der Waals surface area contributed by atoms with E-state index in [2.05, 4.69) is 17.6 Å². The number of allylic oxidation sites excluding steroid dienone is 1.